The first kappa shape index (κ1) is 22.2. The van der Waals surface area contributed by atoms with Crippen molar-refractivity contribution < 1.29 is 8.42 Å². The van der Waals surface area contributed by atoms with E-state index in [1.807, 2.05) is 24.3 Å². The van der Waals surface area contributed by atoms with Gasteiger partial charge in [0.25, 0.3) is 0 Å². The third-order valence-corrected chi connectivity index (χ3v) is 4.85. The number of hydrogen-bond donors (Lipinski definition) is 2. The number of nitrogens with one attached hydrogen (secondary N) is 2. The molecule has 1 aromatic carbocycles. The van der Waals surface area contributed by atoms with Crippen LogP contribution in [0.3, 0.4) is 0 Å². The molecule has 0 aromatic heterocycles. The average molecular weight is 472 g/mol. The smallest absolute Gasteiger partial charge is 0.191 e. The summed E-state index contributed by atoms with van der Waals surface area (Å²) in [5.74, 6) is 0.784. The second-order valence-corrected chi connectivity index (χ2v) is 7.53. The number of nitrogens with zero attached hydrogens (tertiary/aromatic N) is 1. The standard InChI is InChI=1S/C15H22ClN3O2S.HI/c1-3-9-17-15(18-10-11-22(20,21)4-2)19-12-13-5-7-14(16)8-6-13;/h3,5-8H,1,4,9-12H2,2H3,(H2,17,18,19);1H. The van der Waals surface area contributed by atoms with Gasteiger partial charge in [0.05, 0.1) is 12.3 Å². The maximum atomic E-state index is 11.5. The van der Waals surface area contributed by atoms with Crippen LogP contribution in [-0.2, 0) is 16.4 Å². The van der Waals surface area contributed by atoms with E-state index in [0.29, 0.717) is 30.6 Å². The Balaban J connectivity index is 0.00000484. The molecule has 0 aliphatic rings. The van der Waals surface area contributed by atoms with Gasteiger partial charge >= 0.3 is 0 Å². The Hall–Kier alpha value is -0.800. The molecule has 23 heavy (non-hydrogen) atoms. The Morgan fingerprint density at radius 2 is 1.96 bits per heavy atom. The maximum absolute atomic E-state index is 11.5. The van der Waals surface area contributed by atoms with Gasteiger partial charge in [0.15, 0.2) is 15.8 Å². The number of hydrogen-bond acceptors (Lipinski definition) is 3. The first-order valence-electron chi connectivity index (χ1n) is 7.05. The van der Waals surface area contributed by atoms with E-state index >= 15 is 0 Å². The zero-order valence-electron chi connectivity index (χ0n) is 13.1. The van der Waals surface area contributed by atoms with Crippen LogP contribution in [-0.4, -0.2) is 39.0 Å². The summed E-state index contributed by atoms with van der Waals surface area (Å²) >= 11 is 5.84. The van der Waals surface area contributed by atoms with Crippen molar-refractivity contribution in [3.05, 3.63) is 47.5 Å². The number of sulfone groups is 1. The van der Waals surface area contributed by atoms with Gasteiger partial charge in [-0.1, -0.05) is 36.7 Å². The molecule has 0 aliphatic heterocycles. The Bertz CT molecular complexity index is 604. The predicted molar refractivity (Wildman–Crippen MR) is 109 cm³/mol. The van der Waals surface area contributed by atoms with Crippen molar-refractivity contribution in [1.82, 2.24) is 10.6 Å². The molecule has 8 heteroatoms. The largest absolute Gasteiger partial charge is 0.355 e. The number of benzene rings is 1. The van der Waals surface area contributed by atoms with E-state index in [-0.39, 0.29) is 35.5 Å². The molecule has 0 unspecified atom stereocenters. The molecule has 1 aromatic rings. The van der Waals surface area contributed by atoms with Gasteiger partial charge in [-0.2, -0.15) is 0 Å². The molecular formula is C15H23ClIN3O2S. The second kappa shape index (κ2) is 11.7. The fraction of sp³-hybridized carbons (Fsp3) is 0.400. The van der Waals surface area contributed by atoms with Gasteiger partial charge in [0, 0.05) is 23.9 Å². The number of aliphatic imine (C=N–C) groups is 1. The molecule has 5 nitrogen and oxygen atoms in total. The lowest BCUT2D eigenvalue weighted by molar-refractivity contribution is 0.596. The quantitative estimate of drug-likeness (QED) is 0.265. The Morgan fingerprint density at radius 1 is 1.30 bits per heavy atom. The van der Waals surface area contributed by atoms with Crippen LogP contribution in [0, 0.1) is 0 Å². The monoisotopic (exact) mass is 471 g/mol. The summed E-state index contributed by atoms with van der Waals surface area (Å²) in [5.41, 5.74) is 1.02. The minimum absolute atomic E-state index is 0. The highest BCUT2D eigenvalue weighted by Gasteiger charge is 2.07. The van der Waals surface area contributed by atoms with Crippen molar-refractivity contribution in [1.29, 1.82) is 0 Å². The molecule has 0 saturated heterocycles. The number of guanidine groups is 1. The molecule has 130 valence electrons. The van der Waals surface area contributed by atoms with E-state index < -0.39 is 9.84 Å². The van der Waals surface area contributed by atoms with Crippen LogP contribution >= 0.6 is 35.6 Å². The van der Waals surface area contributed by atoms with Crippen molar-refractivity contribution >= 4 is 51.4 Å². The van der Waals surface area contributed by atoms with Crippen LogP contribution in [0.4, 0.5) is 0 Å². The van der Waals surface area contributed by atoms with Crippen molar-refractivity contribution in [3.8, 4) is 0 Å². The van der Waals surface area contributed by atoms with Gasteiger partial charge in [-0.15, -0.1) is 30.6 Å². The minimum Gasteiger partial charge on any atom is -0.355 e. The van der Waals surface area contributed by atoms with Crippen LogP contribution in [0.1, 0.15) is 12.5 Å². The van der Waals surface area contributed by atoms with Gasteiger partial charge in [0.2, 0.25) is 0 Å². The predicted octanol–water partition coefficient (Wildman–Crippen LogP) is 2.61. The molecule has 0 spiro atoms. The Morgan fingerprint density at radius 3 is 2.52 bits per heavy atom. The van der Waals surface area contributed by atoms with Crippen molar-refractivity contribution in [2.75, 3.05) is 24.6 Å². The fourth-order valence-electron chi connectivity index (χ4n) is 1.57. The van der Waals surface area contributed by atoms with Gasteiger partial charge in [-0.25, -0.2) is 13.4 Å². The van der Waals surface area contributed by atoms with Gasteiger partial charge in [-0.3, -0.25) is 0 Å². The molecule has 0 atom stereocenters. The number of halogens is 2. The zero-order chi connectivity index (χ0) is 16.4. The first-order valence-corrected chi connectivity index (χ1v) is 9.24. The third kappa shape index (κ3) is 9.83. The molecule has 0 aliphatic carbocycles. The molecular weight excluding hydrogens is 449 g/mol. The molecule has 0 heterocycles. The summed E-state index contributed by atoms with van der Waals surface area (Å²) in [5, 5.41) is 6.75. The van der Waals surface area contributed by atoms with E-state index in [2.05, 4.69) is 22.2 Å². The normalized spacial score (nSPS) is 11.5. The molecule has 0 bridgehead atoms. The van der Waals surface area contributed by atoms with Gasteiger partial charge in [-0.05, 0) is 17.7 Å². The fourth-order valence-corrected chi connectivity index (χ4v) is 2.40. The summed E-state index contributed by atoms with van der Waals surface area (Å²) in [6.45, 7) is 6.62. The molecule has 2 N–H and O–H groups in total. The highest BCUT2D eigenvalue weighted by Crippen LogP contribution is 2.10. The Kier molecular flexibility index (Phi) is 11.3. The van der Waals surface area contributed by atoms with E-state index in [1.165, 1.54) is 0 Å². The molecule has 0 amide bonds. The van der Waals surface area contributed by atoms with Crippen LogP contribution in [0.5, 0.6) is 0 Å². The Labute approximate surface area is 160 Å². The maximum Gasteiger partial charge on any atom is 0.191 e. The topological polar surface area (TPSA) is 70.6 Å². The molecule has 1 rings (SSSR count). The highest BCUT2D eigenvalue weighted by molar-refractivity contribution is 14.0. The summed E-state index contributed by atoms with van der Waals surface area (Å²) in [6, 6.07) is 7.42. The second-order valence-electron chi connectivity index (χ2n) is 4.62. The van der Waals surface area contributed by atoms with E-state index in [1.54, 1.807) is 13.0 Å². The van der Waals surface area contributed by atoms with Crippen LogP contribution in [0.2, 0.25) is 5.02 Å². The number of rotatable bonds is 8. The highest BCUT2D eigenvalue weighted by atomic mass is 127. The van der Waals surface area contributed by atoms with E-state index in [0.717, 1.165) is 5.56 Å². The first-order chi connectivity index (χ1) is 10.5. The molecule has 0 saturated carbocycles. The lowest BCUT2D eigenvalue weighted by Gasteiger charge is -2.11. The van der Waals surface area contributed by atoms with Crippen molar-refractivity contribution in [2.24, 2.45) is 4.99 Å². The van der Waals surface area contributed by atoms with Crippen molar-refractivity contribution in [3.63, 3.8) is 0 Å². The summed E-state index contributed by atoms with van der Waals surface area (Å²) in [7, 11) is -2.99. The minimum atomic E-state index is -2.99. The lowest BCUT2D eigenvalue weighted by atomic mass is 10.2. The van der Waals surface area contributed by atoms with E-state index in [9.17, 15) is 8.42 Å². The molecule has 0 fully saturated rings. The van der Waals surface area contributed by atoms with Crippen LogP contribution in [0.25, 0.3) is 0 Å². The average Bonchev–Trinajstić information content (AvgIpc) is 2.51. The summed E-state index contributed by atoms with van der Waals surface area (Å²) in [4.78, 5) is 4.42. The molecule has 0 radical (unpaired) electrons. The third-order valence-electron chi connectivity index (χ3n) is 2.89. The zero-order valence-corrected chi connectivity index (χ0v) is 17.0. The SMILES string of the molecule is C=CCNC(=NCc1ccc(Cl)cc1)NCCS(=O)(=O)CC.I. The van der Waals surface area contributed by atoms with Crippen LogP contribution in [0.15, 0.2) is 41.9 Å². The lowest BCUT2D eigenvalue weighted by Crippen LogP contribution is -2.39. The van der Waals surface area contributed by atoms with Crippen LogP contribution < -0.4 is 10.6 Å². The van der Waals surface area contributed by atoms with Gasteiger partial charge in [0.1, 0.15) is 0 Å². The summed E-state index contributed by atoms with van der Waals surface area (Å²) in [6.07, 6.45) is 1.71. The van der Waals surface area contributed by atoms with E-state index in [4.69, 9.17) is 11.6 Å². The van der Waals surface area contributed by atoms with Crippen molar-refractivity contribution in [2.45, 2.75) is 13.5 Å². The summed E-state index contributed by atoms with van der Waals surface area (Å²) < 4.78 is 23.0. The van der Waals surface area contributed by atoms with Gasteiger partial charge < -0.3 is 10.6 Å².